The van der Waals surface area contributed by atoms with Crippen molar-refractivity contribution in [2.24, 2.45) is 0 Å². The molecule has 1 N–H and O–H groups in total. The molecule has 1 unspecified atom stereocenters. The van der Waals surface area contributed by atoms with Gasteiger partial charge < -0.3 is 4.42 Å². The molecule has 74 valence electrons. The molecule has 1 heterocycles. The second-order valence-corrected chi connectivity index (χ2v) is 3.11. The molecular formula is C12H15NO. The van der Waals surface area contributed by atoms with Crippen molar-refractivity contribution >= 4 is 0 Å². The zero-order valence-corrected chi connectivity index (χ0v) is 8.42. The molecule has 0 aliphatic rings. The van der Waals surface area contributed by atoms with Crippen molar-refractivity contribution in [1.82, 2.24) is 5.32 Å². The highest BCUT2D eigenvalue weighted by molar-refractivity contribution is 5.11. The molecule has 0 spiro atoms. The van der Waals surface area contributed by atoms with Gasteiger partial charge in [-0.1, -0.05) is 12.0 Å². The van der Waals surface area contributed by atoms with Crippen LogP contribution < -0.4 is 5.32 Å². The van der Waals surface area contributed by atoms with E-state index in [4.69, 9.17) is 10.8 Å². The summed E-state index contributed by atoms with van der Waals surface area (Å²) in [5.74, 6) is 4.37. The topological polar surface area (TPSA) is 25.2 Å². The molecule has 14 heavy (non-hydrogen) atoms. The average Bonchev–Trinajstić information content (AvgIpc) is 2.59. The van der Waals surface area contributed by atoms with Gasteiger partial charge in [-0.15, -0.1) is 13.0 Å². The molecule has 1 atom stereocenters. The lowest BCUT2D eigenvalue weighted by atomic mass is 10.1. The van der Waals surface area contributed by atoms with Crippen LogP contribution >= 0.6 is 0 Å². The van der Waals surface area contributed by atoms with Crippen molar-refractivity contribution in [3.63, 3.8) is 0 Å². The lowest BCUT2D eigenvalue weighted by Gasteiger charge is -2.12. The van der Waals surface area contributed by atoms with Crippen LogP contribution in [0.15, 0.2) is 29.2 Å². The third kappa shape index (κ3) is 2.79. The van der Waals surface area contributed by atoms with Gasteiger partial charge in [0.2, 0.25) is 0 Å². The van der Waals surface area contributed by atoms with Gasteiger partial charge in [0, 0.05) is 0 Å². The average molecular weight is 189 g/mol. The minimum Gasteiger partial charge on any atom is -0.465 e. The molecule has 0 bridgehead atoms. The van der Waals surface area contributed by atoms with Crippen LogP contribution in [-0.2, 0) is 0 Å². The van der Waals surface area contributed by atoms with E-state index in [1.807, 2.05) is 25.1 Å². The molecule has 0 amide bonds. The van der Waals surface area contributed by atoms with E-state index in [1.54, 1.807) is 0 Å². The zero-order valence-electron chi connectivity index (χ0n) is 8.42. The maximum atomic E-state index is 5.52. The maximum Gasteiger partial charge on any atom is 0.121 e. The molecule has 2 nitrogen and oxygen atoms in total. The number of hydrogen-bond donors (Lipinski definition) is 1. The zero-order chi connectivity index (χ0) is 10.4. The van der Waals surface area contributed by atoms with E-state index < -0.39 is 0 Å². The molecule has 2 heteroatoms. The van der Waals surface area contributed by atoms with Gasteiger partial charge in [0.1, 0.15) is 11.5 Å². The van der Waals surface area contributed by atoms with Crippen LogP contribution in [0.3, 0.4) is 0 Å². The second-order valence-electron chi connectivity index (χ2n) is 3.11. The van der Waals surface area contributed by atoms with Gasteiger partial charge in [-0.2, -0.15) is 0 Å². The Morgan fingerprint density at radius 3 is 3.00 bits per heavy atom. The standard InChI is InChI=1S/C12H15NO/c1-4-6-11(13-9-5-2)12-8-7-10(3)14-12/h2,4,7-8,11,13H,1,6,9H2,3H3. The van der Waals surface area contributed by atoms with Crippen molar-refractivity contribution in [3.05, 3.63) is 36.3 Å². The number of furan rings is 1. The molecule has 0 radical (unpaired) electrons. The van der Waals surface area contributed by atoms with Gasteiger partial charge in [0.05, 0.1) is 12.6 Å². The van der Waals surface area contributed by atoms with Gasteiger partial charge in [0.15, 0.2) is 0 Å². The first-order valence-corrected chi connectivity index (χ1v) is 4.62. The molecule has 1 aromatic heterocycles. The number of terminal acetylenes is 1. The molecular weight excluding hydrogens is 174 g/mol. The summed E-state index contributed by atoms with van der Waals surface area (Å²) >= 11 is 0. The molecule has 1 rings (SSSR count). The summed E-state index contributed by atoms with van der Waals surface area (Å²) in [7, 11) is 0. The maximum absolute atomic E-state index is 5.52. The SMILES string of the molecule is C#CCNC(CC=C)c1ccc(C)o1. The molecule has 0 aromatic carbocycles. The molecule has 0 saturated carbocycles. The van der Waals surface area contributed by atoms with Crippen molar-refractivity contribution in [2.75, 3.05) is 6.54 Å². The minimum atomic E-state index is 0.136. The molecule has 0 fully saturated rings. The Balaban J connectivity index is 2.67. The Hall–Kier alpha value is -1.46. The van der Waals surface area contributed by atoms with Gasteiger partial charge >= 0.3 is 0 Å². The van der Waals surface area contributed by atoms with Crippen LogP contribution in [0.5, 0.6) is 0 Å². The fourth-order valence-corrected chi connectivity index (χ4v) is 1.29. The van der Waals surface area contributed by atoms with Crippen molar-refractivity contribution in [2.45, 2.75) is 19.4 Å². The van der Waals surface area contributed by atoms with Crippen LogP contribution in [0.1, 0.15) is 24.0 Å². The van der Waals surface area contributed by atoms with E-state index in [1.165, 1.54) is 0 Å². The molecule has 0 aliphatic heterocycles. The van der Waals surface area contributed by atoms with Crippen LogP contribution in [0, 0.1) is 19.3 Å². The Morgan fingerprint density at radius 1 is 1.71 bits per heavy atom. The Morgan fingerprint density at radius 2 is 2.50 bits per heavy atom. The molecule has 0 saturated heterocycles. The summed E-state index contributed by atoms with van der Waals surface area (Å²) < 4.78 is 5.52. The highest BCUT2D eigenvalue weighted by Crippen LogP contribution is 2.19. The van der Waals surface area contributed by atoms with Crippen LogP contribution in [0.2, 0.25) is 0 Å². The quantitative estimate of drug-likeness (QED) is 0.568. The number of aryl methyl sites for hydroxylation is 1. The summed E-state index contributed by atoms with van der Waals surface area (Å²) in [6, 6.07) is 4.05. The highest BCUT2D eigenvalue weighted by atomic mass is 16.3. The Labute approximate surface area is 85.0 Å². The smallest absolute Gasteiger partial charge is 0.121 e. The van der Waals surface area contributed by atoms with E-state index in [2.05, 4.69) is 17.8 Å². The van der Waals surface area contributed by atoms with E-state index in [0.29, 0.717) is 6.54 Å². The number of nitrogens with one attached hydrogen (secondary N) is 1. The molecule has 0 aliphatic carbocycles. The predicted octanol–water partition coefficient (Wildman–Crippen LogP) is 2.43. The van der Waals surface area contributed by atoms with Crippen LogP contribution in [0.25, 0.3) is 0 Å². The summed E-state index contributed by atoms with van der Waals surface area (Å²) in [5.41, 5.74) is 0. The first-order valence-electron chi connectivity index (χ1n) is 4.62. The Kier molecular flexibility index (Phi) is 4.03. The van der Waals surface area contributed by atoms with E-state index in [-0.39, 0.29) is 6.04 Å². The highest BCUT2D eigenvalue weighted by Gasteiger charge is 2.11. The first-order chi connectivity index (χ1) is 6.77. The van der Waals surface area contributed by atoms with E-state index in [0.717, 1.165) is 17.9 Å². The summed E-state index contributed by atoms with van der Waals surface area (Å²) in [5, 5.41) is 3.20. The fourth-order valence-electron chi connectivity index (χ4n) is 1.29. The lowest BCUT2D eigenvalue weighted by molar-refractivity contribution is 0.412. The third-order valence-electron chi connectivity index (χ3n) is 1.96. The van der Waals surface area contributed by atoms with Crippen molar-refractivity contribution < 1.29 is 4.42 Å². The van der Waals surface area contributed by atoms with Gasteiger partial charge in [-0.3, -0.25) is 5.32 Å². The van der Waals surface area contributed by atoms with Crippen molar-refractivity contribution in [1.29, 1.82) is 0 Å². The summed E-state index contributed by atoms with van der Waals surface area (Å²) in [6.07, 6.45) is 7.85. The Bertz CT molecular complexity index is 332. The normalized spacial score (nSPS) is 12.0. The van der Waals surface area contributed by atoms with E-state index in [9.17, 15) is 0 Å². The number of rotatable bonds is 5. The molecule has 1 aromatic rings. The summed E-state index contributed by atoms with van der Waals surface area (Å²) in [6.45, 7) is 6.17. The van der Waals surface area contributed by atoms with Crippen LogP contribution in [-0.4, -0.2) is 6.54 Å². The summed E-state index contributed by atoms with van der Waals surface area (Å²) in [4.78, 5) is 0. The largest absolute Gasteiger partial charge is 0.465 e. The first kappa shape index (κ1) is 10.6. The van der Waals surface area contributed by atoms with Crippen LogP contribution in [0.4, 0.5) is 0 Å². The van der Waals surface area contributed by atoms with Gasteiger partial charge in [-0.05, 0) is 25.5 Å². The van der Waals surface area contributed by atoms with Gasteiger partial charge in [0.25, 0.3) is 0 Å². The second kappa shape index (κ2) is 5.31. The van der Waals surface area contributed by atoms with Crippen molar-refractivity contribution in [3.8, 4) is 12.3 Å². The van der Waals surface area contributed by atoms with Gasteiger partial charge in [-0.25, -0.2) is 0 Å². The van der Waals surface area contributed by atoms with E-state index >= 15 is 0 Å². The lowest BCUT2D eigenvalue weighted by Crippen LogP contribution is -2.20. The minimum absolute atomic E-state index is 0.136. The number of hydrogen-bond acceptors (Lipinski definition) is 2. The third-order valence-corrected chi connectivity index (χ3v) is 1.96. The monoisotopic (exact) mass is 189 g/mol. The fraction of sp³-hybridized carbons (Fsp3) is 0.333. The predicted molar refractivity (Wildman–Crippen MR) is 57.8 cm³/mol.